The van der Waals surface area contributed by atoms with Crippen LogP contribution in [-0.2, 0) is 6.42 Å². The molecule has 3 nitrogen and oxygen atoms in total. The Kier molecular flexibility index (Phi) is 5.84. The predicted octanol–water partition coefficient (Wildman–Crippen LogP) is 2.76. The number of benzene rings is 1. The number of hydrogen-bond donors (Lipinski definition) is 1. The van der Waals surface area contributed by atoms with Gasteiger partial charge in [0.05, 0.1) is 12.7 Å². The zero-order chi connectivity index (χ0) is 12.7. The van der Waals surface area contributed by atoms with Crippen molar-refractivity contribution >= 4 is 0 Å². The molecular formula is C14H23NO2. The molecule has 96 valence electrons. The van der Waals surface area contributed by atoms with E-state index in [9.17, 15) is 0 Å². The van der Waals surface area contributed by atoms with E-state index in [4.69, 9.17) is 15.2 Å². The summed E-state index contributed by atoms with van der Waals surface area (Å²) in [5.74, 6) is 1.67. The van der Waals surface area contributed by atoms with Crippen molar-refractivity contribution < 1.29 is 9.47 Å². The lowest BCUT2D eigenvalue weighted by atomic mass is 10.1. The van der Waals surface area contributed by atoms with Crippen LogP contribution >= 0.6 is 0 Å². The Balaban J connectivity index is 2.99. The van der Waals surface area contributed by atoms with Gasteiger partial charge in [-0.1, -0.05) is 19.1 Å². The fourth-order valence-electron chi connectivity index (χ4n) is 1.60. The number of rotatable bonds is 7. The van der Waals surface area contributed by atoms with Gasteiger partial charge in [0.1, 0.15) is 0 Å². The summed E-state index contributed by atoms with van der Waals surface area (Å²) >= 11 is 0. The van der Waals surface area contributed by atoms with Gasteiger partial charge in [-0.25, -0.2) is 0 Å². The van der Waals surface area contributed by atoms with Crippen molar-refractivity contribution in [3.8, 4) is 11.5 Å². The maximum absolute atomic E-state index is 5.95. The van der Waals surface area contributed by atoms with Gasteiger partial charge in [0.25, 0.3) is 0 Å². The number of ether oxygens (including phenoxy) is 2. The summed E-state index contributed by atoms with van der Waals surface area (Å²) in [4.78, 5) is 0. The minimum absolute atomic E-state index is 0.188. The fraction of sp³-hybridized carbons (Fsp3) is 0.571. The molecule has 0 radical (unpaired) electrons. The summed E-state index contributed by atoms with van der Waals surface area (Å²) in [6.45, 7) is 7.41. The maximum Gasteiger partial charge on any atom is 0.164 e. The largest absolute Gasteiger partial charge is 0.490 e. The molecule has 0 aromatic heterocycles. The van der Waals surface area contributed by atoms with Gasteiger partial charge in [-0.2, -0.15) is 0 Å². The lowest BCUT2D eigenvalue weighted by Crippen LogP contribution is -2.13. The maximum atomic E-state index is 5.95. The van der Waals surface area contributed by atoms with Crippen LogP contribution in [0.2, 0.25) is 0 Å². The van der Waals surface area contributed by atoms with Gasteiger partial charge >= 0.3 is 0 Å². The van der Waals surface area contributed by atoms with Crippen molar-refractivity contribution in [2.45, 2.75) is 39.7 Å². The molecule has 0 spiro atoms. The van der Waals surface area contributed by atoms with E-state index in [0.717, 1.165) is 29.9 Å². The average molecular weight is 237 g/mol. The molecule has 1 aromatic rings. The fourth-order valence-corrected chi connectivity index (χ4v) is 1.60. The molecule has 1 atom stereocenters. The summed E-state index contributed by atoms with van der Waals surface area (Å²) < 4.78 is 11.6. The molecule has 0 aliphatic carbocycles. The van der Waals surface area contributed by atoms with E-state index in [0.29, 0.717) is 13.2 Å². The van der Waals surface area contributed by atoms with Crippen LogP contribution in [0.3, 0.4) is 0 Å². The van der Waals surface area contributed by atoms with Crippen molar-refractivity contribution in [3.63, 3.8) is 0 Å². The van der Waals surface area contributed by atoms with Gasteiger partial charge in [0.15, 0.2) is 11.5 Å². The Hall–Kier alpha value is -1.22. The molecule has 2 N–H and O–H groups in total. The monoisotopic (exact) mass is 237 g/mol. The van der Waals surface area contributed by atoms with Gasteiger partial charge in [-0.15, -0.1) is 0 Å². The number of para-hydroxylation sites is 1. The molecule has 0 saturated carbocycles. The first-order valence-electron chi connectivity index (χ1n) is 6.34. The third-order valence-corrected chi connectivity index (χ3v) is 2.67. The first-order valence-corrected chi connectivity index (χ1v) is 6.34. The summed E-state index contributed by atoms with van der Waals surface area (Å²) in [6.07, 6.45) is 1.97. The topological polar surface area (TPSA) is 44.5 Å². The molecule has 0 heterocycles. The molecule has 0 bridgehead atoms. The van der Waals surface area contributed by atoms with Crippen LogP contribution in [0, 0.1) is 0 Å². The predicted molar refractivity (Wildman–Crippen MR) is 70.8 cm³/mol. The highest BCUT2D eigenvalue weighted by Crippen LogP contribution is 2.32. The molecule has 1 unspecified atom stereocenters. The van der Waals surface area contributed by atoms with E-state index in [2.05, 4.69) is 13.8 Å². The molecule has 3 heteroatoms. The Morgan fingerprint density at radius 1 is 1.29 bits per heavy atom. The van der Waals surface area contributed by atoms with Crippen molar-refractivity contribution in [2.24, 2.45) is 5.73 Å². The zero-order valence-electron chi connectivity index (χ0n) is 11.0. The summed E-state index contributed by atoms with van der Waals surface area (Å²) in [5.41, 5.74) is 6.74. The Morgan fingerprint density at radius 3 is 2.65 bits per heavy atom. The van der Waals surface area contributed by atoms with Crippen LogP contribution in [0.5, 0.6) is 11.5 Å². The minimum atomic E-state index is 0.188. The average Bonchev–Trinajstić information content (AvgIpc) is 2.33. The molecule has 17 heavy (non-hydrogen) atoms. The Labute approximate surface area is 104 Å². The lowest BCUT2D eigenvalue weighted by Gasteiger charge is -2.19. The molecule has 1 aromatic carbocycles. The van der Waals surface area contributed by atoms with Crippen LogP contribution in [0.25, 0.3) is 0 Å². The number of hydrogen-bond acceptors (Lipinski definition) is 3. The van der Waals surface area contributed by atoms with Crippen molar-refractivity contribution in [3.05, 3.63) is 23.8 Å². The third-order valence-electron chi connectivity index (χ3n) is 2.67. The quantitative estimate of drug-likeness (QED) is 0.793. The highest BCUT2D eigenvalue weighted by molar-refractivity contribution is 5.47. The molecule has 1 rings (SSSR count). The van der Waals surface area contributed by atoms with Gasteiger partial charge in [-0.05, 0) is 44.9 Å². The first-order chi connectivity index (χ1) is 8.22. The van der Waals surface area contributed by atoms with E-state index in [-0.39, 0.29) is 6.10 Å². The first kappa shape index (κ1) is 13.8. The minimum Gasteiger partial charge on any atom is -0.490 e. The van der Waals surface area contributed by atoms with E-state index in [1.165, 1.54) is 0 Å². The third kappa shape index (κ3) is 3.93. The summed E-state index contributed by atoms with van der Waals surface area (Å²) in [6, 6.07) is 5.98. The van der Waals surface area contributed by atoms with Gasteiger partial charge in [0, 0.05) is 0 Å². The second-order valence-corrected chi connectivity index (χ2v) is 4.05. The van der Waals surface area contributed by atoms with E-state index in [1.54, 1.807) is 0 Å². The lowest BCUT2D eigenvalue weighted by molar-refractivity contribution is 0.201. The standard InChI is InChI=1S/C14H23NO2/c1-4-11(3)17-14-12(9-10-15)7-6-8-13(14)16-5-2/h6-8,11H,4-5,9-10,15H2,1-3H3. The summed E-state index contributed by atoms with van der Waals surface area (Å²) in [5, 5.41) is 0. The normalized spacial score (nSPS) is 12.2. The van der Waals surface area contributed by atoms with Crippen molar-refractivity contribution in [1.82, 2.24) is 0 Å². The second kappa shape index (κ2) is 7.17. The van der Waals surface area contributed by atoms with Crippen LogP contribution in [0.15, 0.2) is 18.2 Å². The van der Waals surface area contributed by atoms with Crippen LogP contribution in [-0.4, -0.2) is 19.3 Å². The highest BCUT2D eigenvalue weighted by Gasteiger charge is 2.12. The number of nitrogens with two attached hydrogens (primary N) is 1. The zero-order valence-corrected chi connectivity index (χ0v) is 11.0. The summed E-state index contributed by atoms with van der Waals surface area (Å²) in [7, 11) is 0. The molecular weight excluding hydrogens is 214 g/mol. The SMILES string of the molecule is CCOc1cccc(CCN)c1OC(C)CC. The Bertz CT molecular complexity index is 315. The molecule has 0 aliphatic heterocycles. The second-order valence-electron chi connectivity index (χ2n) is 4.05. The van der Waals surface area contributed by atoms with Crippen molar-refractivity contribution in [2.75, 3.05) is 13.2 Å². The smallest absolute Gasteiger partial charge is 0.164 e. The van der Waals surface area contributed by atoms with E-state index in [1.807, 2.05) is 25.1 Å². The van der Waals surface area contributed by atoms with Crippen molar-refractivity contribution in [1.29, 1.82) is 0 Å². The van der Waals surface area contributed by atoms with Crippen LogP contribution in [0.1, 0.15) is 32.8 Å². The van der Waals surface area contributed by atoms with Crippen LogP contribution < -0.4 is 15.2 Å². The van der Waals surface area contributed by atoms with E-state index < -0.39 is 0 Å². The highest BCUT2D eigenvalue weighted by atomic mass is 16.5. The molecule has 0 amide bonds. The van der Waals surface area contributed by atoms with Crippen LogP contribution in [0.4, 0.5) is 0 Å². The van der Waals surface area contributed by atoms with Gasteiger partial charge < -0.3 is 15.2 Å². The van der Waals surface area contributed by atoms with Gasteiger partial charge in [-0.3, -0.25) is 0 Å². The molecule has 0 fully saturated rings. The molecule has 0 aliphatic rings. The Morgan fingerprint density at radius 2 is 2.06 bits per heavy atom. The van der Waals surface area contributed by atoms with E-state index >= 15 is 0 Å². The molecule has 0 saturated heterocycles. The van der Waals surface area contributed by atoms with Gasteiger partial charge in [0.2, 0.25) is 0 Å².